The van der Waals surface area contributed by atoms with E-state index in [9.17, 15) is 18.0 Å². The molecule has 0 saturated carbocycles. The summed E-state index contributed by atoms with van der Waals surface area (Å²) in [6, 6.07) is 2.11. The van der Waals surface area contributed by atoms with Crippen molar-refractivity contribution in [1.82, 2.24) is 19.9 Å². The zero-order chi connectivity index (χ0) is 19.5. The van der Waals surface area contributed by atoms with Crippen LogP contribution in [0.15, 0.2) is 30.4 Å². The number of carbonyl (C=O) groups is 1. The Bertz CT molecular complexity index is 837. The van der Waals surface area contributed by atoms with Gasteiger partial charge < -0.3 is 15.3 Å². The highest BCUT2D eigenvalue weighted by Gasteiger charge is 2.34. The number of aromatic nitrogens is 3. The van der Waals surface area contributed by atoms with Gasteiger partial charge in [-0.3, -0.25) is 9.69 Å². The minimum absolute atomic E-state index is 0.0999. The van der Waals surface area contributed by atoms with Crippen molar-refractivity contribution in [2.24, 2.45) is 7.05 Å². The topological polar surface area (TPSA) is 86.9 Å². The maximum absolute atomic E-state index is 13.1. The van der Waals surface area contributed by atoms with E-state index in [0.717, 1.165) is 17.2 Å². The van der Waals surface area contributed by atoms with Gasteiger partial charge in [0.2, 0.25) is 6.41 Å². The zero-order valence-electron chi connectivity index (χ0n) is 14.3. The molecule has 2 rings (SSSR count). The van der Waals surface area contributed by atoms with Crippen molar-refractivity contribution >= 4 is 18.4 Å². The molecule has 0 aliphatic rings. The van der Waals surface area contributed by atoms with Crippen molar-refractivity contribution in [2.75, 3.05) is 11.9 Å². The van der Waals surface area contributed by atoms with Gasteiger partial charge in [0.1, 0.15) is 11.5 Å². The Labute approximate surface area is 147 Å². The Morgan fingerprint density at radius 1 is 1.38 bits per heavy atom. The number of carbonyl (C=O) groups excluding carboxylic acids is 1. The lowest BCUT2D eigenvalue weighted by Crippen LogP contribution is -2.30. The van der Waals surface area contributed by atoms with Crippen LogP contribution >= 0.6 is 0 Å². The van der Waals surface area contributed by atoms with E-state index < -0.39 is 11.9 Å². The van der Waals surface area contributed by atoms with Crippen LogP contribution in [0.3, 0.4) is 0 Å². The number of hydrogen-bond donors (Lipinski definition) is 2. The predicted octanol–water partition coefficient (Wildman–Crippen LogP) is 2.48. The Hall–Kier alpha value is -3.17. The molecule has 0 aliphatic carbocycles. The van der Waals surface area contributed by atoms with E-state index in [0.29, 0.717) is 23.4 Å². The summed E-state index contributed by atoms with van der Waals surface area (Å²) in [4.78, 5) is 20.4. The van der Waals surface area contributed by atoms with Crippen LogP contribution in [0, 0.1) is 12.3 Å². The number of allylic oxidation sites excluding steroid dienone is 1. The lowest BCUT2D eigenvalue weighted by Gasteiger charge is -2.23. The minimum atomic E-state index is -4.67. The third-order valence-corrected chi connectivity index (χ3v) is 3.63. The van der Waals surface area contributed by atoms with Crippen molar-refractivity contribution in [3.05, 3.63) is 41.7 Å². The molecule has 7 nitrogen and oxygen atoms in total. The SMILES string of the molecule is CN/C(=C\C=N)N(C=O)c1nc(C(F)(F)F)ccc1-c1c(C)ncn1C. The number of alkyl halides is 3. The van der Waals surface area contributed by atoms with Gasteiger partial charge in [0.15, 0.2) is 5.82 Å². The average Bonchev–Trinajstić information content (AvgIpc) is 2.92. The largest absolute Gasteiger partial charge is 0.433 e. The Balaban J connectivity index is 2.80. The van der Waals surface area contributed by atoms with Gasteiger partial charge in [-0.2, -0.15) is 13.2 Å². The van der Waals surface area contributed by atoms with Gasteiger partial charge in [0.05, 0.1) is 17.7 Å². The highest BCUT2D eigenvalue weighted by atomic mass is 19.4. The quantitative estimate of drug-likeness (QED) is 0.607. The summed E-state index contributed by atoms with van der Waals surface area (Å²) in [5.41, 5.74) is 0.267. The van der Waals surface area contributed by atoms with Crippen molar-refractivity contribution in [2.45, 2.75) is 13.1 Å². The zero-order valence-corrected chi connectivity index (χ0v) is 14.3. The Kier molecular flexibility index (Phi) is 5.44. The number of nitrogens with zero attached hydrogens (tertiary/aromatic N) is 4. The summed E-state index contributed by atoms with van der Waals surface area (Å²) in [7, 11) is 3.17. The Morgan fingerprint density at radius 3 is 2.54 bits per heavy atom. The van der Waals surface area contributed by atoms with Crippen LogP contribution in [0.4, 0.5) is 19.0 Å². The first-order valence-electron chi connectivity index (χ1n) is 7.44. The van der Waals surface area contributed by atoms with E-state index >= 15 is 0 Å². The lowest BCUT2D eigenvalue weighted by atomic mass is 10.1. The number of aryl methyl sites for hydroxylation is 2. The third kappa shape index (κ3) is 3.58. The van der Waals surface area contributed by atoms with Gasteiger partial charge in [-0.1, -0.05) is 0 Å². The fourth-order valence-electron chi connectivity index (χ4n) is 2.49. The van der Waals surface area contributed by atoms with Crippen LogP contribution < -0.4 is 10.2 Å². The van der Waals surface area contributed by atoms with E-state index in [1.165, 1.54) is 25.5 Å². The summed E-state index contributed by atoms with van der Waals surface area (Å²) in [6.45, 7) is 1.70. The van der Waals surface area contributed by atoms with E-state index in [-0.39, 0.29) is 11.6 Å². The van der Waals surface area contributed by atoms with Gasteiger partial charge in [-0.05, 0) is 25.1 Å². The molecule has 26 heavy (non-hydrogen) atoms. The second-order valence-corrected chi connectivity index (χ2v) is 5.30. The molecular weight excluding hydrogens is 349 g/mol. The molecule has 2 heterocycles. The first-order chi connectivity index (χ1) is 12.2. The summed E-state index contributed by atoms with van der Waals surface area (Å²) < 4.78 is 41.1. The monoisotopic (exact) mass is 366 g/mol. The van der Waals surface area contributed by atoms with Crippen LogP contribution in [-0.2, 0) is 18.0 Å². The molecule has 0 atom stereocenters. The van der Waals surface area contributed by atoms with Crippen LogP contribution in [0.5, 0.6) is 0 Å². The lowest BCUT2D eigenvalue weighted by molar-refractivity contribution is -0.141. The number of anilines is 1. The third-order valence-electron chi connectivity index (χ3n) is 3.63. The number of rotatable bonds is 6. The normalized spacial score (nSPS) is 12.0. The molecule has 2 N–H and O–H groups in total. The molecule has 0 saturated heterocycles. The molecule has 10 heteroatoms. The van der Waals surface area contributed by atoms with Crippen LogP contribution in [-0.4, -0.2) is 34.2 Å². The van der Waals surface area contributed by atoms with Crippen molar-refractivity contribution in [1.29, 1.82) is 5.41 Å². The Morgan fingerprint density at radius 2 is 2.08 bits per heavy atom. The molecule has 0 aromatic carbocycles. The maximum atomic E-state index is 13.1. The number of amides is 1. The van der Waals surface area contributed by atoms with E-state index in [1.54, 1.807) is 18.5 Å². The highest BCUT2D eigenvalue weighted by Crippen LogP contribution is 2.36. The fourth-order valence-corrected chi connectivity index (χ4v) is 2.49. The summed E-state index contributed by atoms with van der Waals surface area (Å²) in [5.74, 6) is -0.119. The van der Waals surface area contributed by atoms with Crippen LogP contribution in [0.1, 0.15) is 11.4 Å². The molecule has 0 unspecified atom stereocenters. The molecule has 138 valence electrons. The molecule has 0 spiro atoms. The highest BCUT2D eigenvalue weighted by molar-refractivity contribution is 5.88. The average molecular weight is 366 g/mol. The standard InChI is InChI=1S/C16H17F3N6O/c1-10-14(24(3)8-22-10)11-4-5-12(16(17,18)19)23-15(11)25(9-26)13(21-2)6-7-20/h4-9,20-21H,1-3H3/b13-6+,20-7?. The number of imidazole rings is 1. The van der Waals surface area contributed by atoms with Crippen molar-refractivity contribution < 1.29 is 18.0 Å². The van der Waals surface area contributed by atoms with Gasteiger partial charge in [0, 0.05) is 25.9 Å². The first-order valence-corrected chi connectivity index (χ1v) is 7.44. The molecule has 0 bridgehead atoms. The number of pyridine rings is 1. The summed E-state index contributed by atoms with van der Waals surface area (Å²) >= 11 is 0. The predicted molar refractivity (Wildman–Crippen MR) is 90.6 cm³/mol. The smallest absolute Gasteiger partial charge is 0.374 e. The second-order valence-electron chi connectivity index (χ2n) is 5.30. The van der Waals surface area contributed by atoms with Crippen molar-refractivity contribution in [3.8, 4) is 11.3 Å². The number of nitrogens with one attached hydrogen (secondary N) is 2. The van der Waals surface area contributed by atoms with Crippen LogP contribution in [0.25, 0.3) is 11.3 Å². The van der Waals surface area contributed by atoms with Gasteiger partial charge in [-0.25, -0.2) is 9.97 Å². The van der Waals surface area contributed by atoms with Gasteiger partial charge >= 0.3 is 6.18 Å². The summed E-state index contributed by atoms with van der Waals surface area (Å²) in [6.07, 6.45) is -0.678. The molecule has 2 aromatic rings. The van der Waals surface area contributed by atoms with E-state index in [2.05, 4.69) is 15.3 Å². The molecule has 0 aliphatic heterocycles. The van der Waals surface area contributed by atoms with E-state index in [1.807, 2.05) is 0 Å². The molecular formula is C16H17F3N6O. The number of hydrogen-bond acceptors (Lipinski definition) is 5. The summed E-state index contributed by atoms with van der Waals surface area (Å²) in [5, 5.41) is 9.84. The first kappa shape index (κ1) is 19.2. The number of halogens is 3. The van der Waals surface area contributed by atoms with E-state index in [4.69, 9.17) is 5.41 Å². The van der Waals surface area contributed by atoms with Crippen LogP contribution in [0.2, 0.25) is 0 Å². The second kappa shape index (κ2) is 7.38. The molecule has 2 aromatic heterocycles. The fraction of sp³-hybridized carbons (Fsp3) is 0.250. The van der Waals surface area contributed by atoms with Gasteiger partial charge in [-0.15, -0.1) is 0 Å². The molecule has 0 fully saturated rings. The maximum Gasteiger partial charge on any atom is 0.433 e. The molecule has 0 radical (unpaired) electrons. The van der Waals surface area contributed by atoms with Crippen molar-refractivity contribution in [3.63, 3.8) is 0 Å². The minimum Gasteiger partial charge on any atom is -0.374 e. The molecule has 1 amide bonds. The van der Waals surface area contributed by atoms with Gasteiger partial charge in [0.25, 0.3) is 0 Å².